The smallest absolute Gasteiger partial charge is 0.106 e. The zero-order valence-electron chi connectivity index (χ0n) is 6.59. The van der Waals surface area contributed by atoms with Crippen molar-refractivity contribution in [1.29, 1.82) is 0 Å². The van der Waals surface area contributed by atoms with Crippen LogP contribution in [0.15, 0.2) is 15.9 Å². The fraction of sp³-hybridized carbons (Fsp3) is 0.500. The molecule has 1 rings (SSSR count). The number of halogens is 2. The van der Waals surface area contributed by atoms with E-state index in [-0.39, 0.29) is 0 Å². The molecule has 1 unspecified atom stereocenters. The zero-order chi connectivity index (χ0) is 8.97. The quantitative estimate of drug-likeness (QED) is 0.876. The molecular formula is C8H11BrFNS. The van der Waals surface area contributed by atoms with Crippen molar-refractivity contribution in [3.63, 3.8) is 0 Å². The SMILES string of the molecule is NCCC(F)Cc1sccc1Br. The van der Waals surface area contributed by atoms with Crippen LogP contribution in [0.1, 0.15) is 11.3 Å². The summed E-state index contributed by atoms with van der Waals surface area (Å²) < 4.78 is 14.1. The maximum atomic E-state index is 13.1. The van der Waals surface area contributed by atoms with E-state index in [4.69, 9.17) is 5.73 Å². The van der Waals surface area contributed by atoms with Crippen LogP contribution in [-0.4, -0.2) is 12.7 Å². The Bertz CT molecular complexity index is 239. The number of alkyl halides is 1. The monoisotopic (exact) mass is 251 g/mol. The van der Waals surface area contributed by atoms with Crippen LogP contribution in [0, 0.1) is 0 Å². The van der Waals surface area contributed by atoms with Crippen LogP contribution in [0.4, 0.5) is 4.39 Å². The van der Waals surface area contributed by atoms with Crippen molar-refractivity contribution in [3.8, 4) is 0 Å². The van der Waals surface area contributed by atoms with E-state index in [2.05, 4.69) is 15.9 Å². The fourth-order valence-electron chi connectivity index (χ4n) is 0.955. The molecule has 0 saturated carbocycles. The standard InChI is InChI=1S/C8H11BrFNS/c9-7-2-4-12-8(7)5-6(10)1-3-11/h2,4,6H,1,3,5,11H2. The average molecular weight is 252 g/mol. The summed E-state index contributed by atoms with van der Waals surface area (Å²) in [6.45, 7) is 0.421. The largest absolute Gasteiger partial charge is 0.330 e. The second kappa shape index (κ2) is 4.94. The topological polar surface area (TPSA) is 26.0 Å². The summed E-state index contributed by atoms with van der Waals surface area (Å²) in [7, 11) is 0. The summed E-state index contributed by atoms with van der Waals surface area (Å²) in [6, 6.07) is 1.94. The summed E-state index contributed by atoms with van der Waals surface area (Å²) in [5, 5.41) is 1.95. The minimum Gasteiger partial charge on any atom is -0.330 e. The van der Waals surface area contributed by atoms with Gasteiger partial charge in [0.15, 0.2) is 0 Å². The molecule has 1 nitrogen and oxygen atoms in total. The molecule has 0 aliphatic carbocycles. The van der Waals surface area contributed by atoms with Crippen LogP contribution < -0.4 is 5.73 Å². The van der Waals surface area contributed by atoms with Crippen molar-refractivity contribution in [2.45, 2.75) is 19.0 Å². The Kier molecular flexibility index (Phi) is 4.18. The number of rotatable bonds is 4. The second-order valence-electron chi connectivity index (χ2n) is 2.57. The highest BCUT2D eigenvalue weighted by atomic mass is 79.9. The molecule has 2 N–H and O–H groups in total. The Morgan fingerprint density at radius 1 is 1.67 bits per heavy atom. The predicted octanol–water partition coefficient (Wildman–Crippen LogP) is 2.74. The van der Waals surface area contributed by atoms with Gasteiger partial charge < -0.3 is 5.73 Å². The highest BCUT2D eigenvalue weighted by Gasteiger charge is 2.09. The van der Waals surface area contributed by atoms with Gasteiger partial charge in [0.05, 0.1) is 0 Å². The van der Waals surface area contributed by atoms with Gasteiger partial charge in [-0.15, -0.1) is 11.3 Å². The van der Waals surface area contributed by atoms with Gasteiger partial charge in [-0.2, -0.15) is 0 Å². The average Bonchev–Trinajstić information content (AvgIpc) is 2.37. The number of hydrogen-bond acceptors (Lipinski definition) is 2. The van der Waals surface area contributed by atoms with Crippen LogP contribution in [0.3, 0.4) is 0 Å². The Morgan fingerprint density at radius 2 is 2.42 bits per heavy atom. The third kappa shape index (κ3) is 2.84. The normalized spacial score (nSPS) is 13.2. The Labute approximate surface area is 83.9 Å². The molecule has 0 saturated heterocycles. The van der Waals surface area contributed by atoms with Crippen molar-refractivity contribution >= 4 is 27.3 Å². The van der Waals surface area contributed by atoms with Crippen LogP contribution in [0.25, 0.3) is 0 Å². The van der Waals surface area contributed by atoms with Crippen LogP contribution >= 0.6 is 27.3 Å². The molecule has 0 amide bonds. The van der Waals surface area contributed by atoms with E-state index in [0.717, 1.165) is 9.35 Å². The van der Waals surface area contributed by atoms with Crippen molar-refractivity contribution in [1.82, 2.24) is 0 Å². The van der Waals surface area contributed by atoms with Gasteiger partial charge in [-0.3, -0.25) is 0 Å². The first-order chi connectivity index (χ1) is 5.74. The minimum absolute atomic E-state index is 0.421. The van der Waals surface area contributed by atoms with Crippen molar-refractivity contribution in [3.05, 3.63) is 20.8 Å². The van der Waals surface area contributed by atoms with Crippen LogP contribution in [0.5, 0.6) is 0 Å². The van der Waals surface area contributed by atoms with E-state index in [9.17, 15) is 4.39 Å². The molecule has 1 atom stereocenters. The molecule has 0 aliphatic heterocycles. The molecule has 0 aliphatic rings. The van der Waals surface area contributed by atoms with Crippen LogP contribution in [0.2, 0.25) is 0 Å². The molecule has 1 aromatic heterocycles. The molecule has 0 bridgehead atoms. The van der Waals surface area contributed by atoms with E-state index in [1.165, 1.54) is 0 Å². The maximum Gasteiger partial charge on any atom is 0.106 e. The molecule has 0 aromatic carbocycles. The summed E-state index contributed by atoms with van der Waals surface area (Å²) >= 11 is 4.93. The molecule has 0 spiro atoms. The second-order valence-corrected chi connectivity index (χ2v) is 4.43. The minimum atomic E-state index is -0.801. The van der Waals surface area contributed by atoms with Crippen molar-refractivity contribution < 1.29 is 4.39 Å². The maximum absolute atomic E-state index is 13.1. The predicted molar refractivity (Wildman–Crippen MR) is 54.3 cm³/mol. The lowest BCUT2D eigenvalue weighted by molar-refractivity contribution is 0.318. The van der Waals surface area contributed by atoms with Crippen molar-refractivity contribution in [2.24, 2.45) is 5.73 Å². The van der Waals surface area contributed by atoms with E-state index in [1.54, 1.807) is 11.3 Å². The van der Waals surface area contributed by atoms with E-state index >= 15 is 0 Å². The zero-order valence-corrected chi connectivity index (χ0v) is 9.00. The van der Waals surface area contributed by atoms with E-state index < -0.39 is 6.17 Å². The van der Waals surface area contributed by atoms with Gasteiger partial charge in [0, 0.05) is 15.8 Å². The molecule has 1 heterocycles. The highest BCUT2D eigenvalue weighted by molar-refractivity contribution is 9.10. The third-order valence-corrected chi connectivity index (χ3v) is 3.53. The molecule has 0 fully saturated rings. The molecule has 4 heteroatoms. The first-order valence-corrected chi connectivity index (χ1v) is 5.47. The van der Waals surface area contributed by atoms with E-state index in [0.29, 0.717) is 19.4 Å². The lowest BCUT2D eigenvalue weighted by atomic mass is 10.2. The fourth-order valence-corrected chi connectivity index (χ4v) is 2.53. The number of hydrogen-bond donors (Lipinski definition) is 1. The molecular weight excluding hydrogens is 241 g/mol. The van der Waals surface area contributed by atoms with Gasteiger partial charge in [0.2, 0.25) is 0 Å². The first-order valence-electron chi connectivity index (χ1n) is 3.80. The first kappa shape index (κ1) is 10.2. The molecule has 12 heavy (non-hydrogen) atoms. The van der Waals surface area contributed by atoms with Gasteiger partial charge in [-0.25, -0.2) is 4.39 Å². The summed E-state index contributed by atoms with van der Waals surface area (Å²) in [5.41, 5.74) is 5.25. The summed E-state index contributed by atoms with van der Waals surface area (Å²) in [5.74, 6) is 0. The van der Waals surface area contributed by atoms with Gasteiger partial charge in [-0.05, 0) is 40.3 Å². The lowest BCUT2D eigenvalue weighted by Gasteiger charge is -2.04. The molecule has 68 valence electrons. The highest BCUT2D eigenvalue weighted by Crippen LogP contribution is 2.25. The van der Waals surface area contributed by atoms with E-state index in [1.807, 2.05) is 11.4 Å². The Morgan fingerprint density at radius 3 is 2.92 bits per heavy atom. The van der Waals surface area contributed by atoms with Gasteiger partial charge in [0.25, 0.3) is 0 Å². The van der Waals surface area contributed by atoms with Crippen molar-refractivity contribution in [2.75, 3.05) is 6.54 Å². The third-order valence-electron chi connectivity index (χ3n) is 1.58. The number of nitrogens with two attached hydrogens (primary N) is 1. The van der Waals surface area contributed by atoms with Gasteiger partial charge in [0.1, 0.15) is 6.17 Å². The summed E-state index contributed by atoms with van der Waals surface area (Å²) in [4.78, 5) is 1.07. The number of thiophene rings is 1. The lowest BCUT2D eigenvalue weighted by Crippen LogP contribution is -2.11. The Balaban J connectivity index is 2.46. The van der Waals surface area contributed by atoms with Gasteiger partial charge in [-0.1, -0.05) is 0 Å². The molecule has 1 aromatic rings. The van der Waals surface area contributed by atoms with Gasteiger partial charge >= 0.3 is 0 Å². The summed E-state index contributed by atoms with van der Waals surface area (Å²) in [6.07, 6.45) is 0.129. The van der Waals surface area contributed by atoms with Crippen LogP contribution in [-0.2, 0) is 6.42 Å². The Hall–Kier alpha value is 0.0700. The molecule has 0 radical (unpaired) electrons.